The number of thiophene rings is 1. The first kappa shape index (κ1) is 16.8. The second kappa shape index (κ2) is 6.45. The number of anilines is 1. The van der Waals surface area contributed by atoms with Gasteiger partial charge in [-0.15, -0.1) is 11.3 Å². The molecule has 1 aliphatic heterocycles. The zero-order valence-electron chi connectivity index (χ0n) is 12.9. The van der Waals surface area contributed by atoms with Gasteiger partial charge in [-0.2, -0.15) is 0 Å². The number of carbonyl (C=O) groups is 2. The number of aryl methyl sites for hydroxylation is 1. The van der Waals surface area contributed by atoms with Gasteiger partial charge in [0.05, 0.1) is 20.1 Å². The largest absolute Gasteiger partial charge is 0.465 e. The van der Waals surface area contributed by atoms with Crippen LogP contribution in [0.5, 0.6) is 0 Å². The van der Waals surface area contributed by atoms with Crippen molar-refractivity contribution in [2.45, 2.75) is 12.8 Å². The molecule has 2 amide bonds. The standard InChI is InChI=1S/C15H16ClN3O4S/c1-18-7-10(16)12-9(14(18)21)6-11(24-12)17-13(20)8-2-4-19(5-3-8)15(22)23/h6-8H,2-5H2,1H3,(H,17,20)(H,22,23). The Kier molecular flexibility index (Phi) is 4.51. The molecule has 2 aromatic heterocycles. The van der Waals surface area contributed by atoms with Gasteiger partial charge in [0, 0.05) is 32.3 Å². The summed E-state index contributed by atoms with van der Waals surface area (Å²) in [6.45, 7) is 0.707. The summed E-state index contributed by atoms with van der Waals surface area (Å²) in [5.41, 5.74) is -0.166. The molecule has 0 aromatic carbocycles. The summed E-state index contributed by atoms with van der Waals surface area (Å²) < 4.78 is 2.06. The second-order valence-corrected chi connectivity index (χ2v) is 7.24. The summed E-state index contributed by atoms with van der Waals surface area (Å²) in [4.78, 5) is 36.7. The van der Waals surface area contributed by atoms with Gasteiger partial charge in [-0.05, 0) is 18.9 Å². The van der Waals surface area contributed by atoms with Gasteiger partial charge in [0.15, 0.2) is 0 Å². The Morgan fingerprint density at radius 2 is 2.04 bits per heavy atom. The molecule has 0 atom stereocenters. The fourth-order valence-electron chi connectivity index (χ4n) is 2.82. The predicted molar refractivity (Wildman–Crippen MR) is 93.0 cm³/mol. The highest BCUT2D eigenvalue weighted by Gasteiger charge is 2.27. The summed E-state index contributed by atoms with van der Waals surface area (Å²) in [6, 6.07) is 1.64. The average molecular weight is 370 g/mol. The zero-order valence-corrected chi connectivity index (χ0v) is 14.5. The van der Waals surface area contributed by atoms with Crippen LogP contribution in [-0.4, -0.2) is 39.7 Å². The first-order valence-corrected chi connectivity index (χ1v) is 8.63. The Labute approximate surface area is 146 Å². The number of nitrogens with zero attached hydrogens (tertiary/aromatic N) is 2. The van der Waals surface area contributed by atoms with Crippen molar-refractivity contribution in [1.82, 2.24) is 9.47 Å². The summed E-state index contributed by atoms with van der Waals surface area (Å²) in [5.74, 6) is -0.386. The van der Waals surface area contributed by atoms with Crippen LogP contribution in [0.2, 0.25) is 5.02 Å². The van der Waals surface area contributed by atoms with E-state index in [4.69, 9.17) is 16.7 Å². The molecule has 0 radical (unpaired) electrons. The number of piperidine rings is 1. The highest BCUT2D eigenvalue weighted by Crippen LogP contribution is 2.33. The fourth-order valence-corrected chi connectivity index (χ4v) is 4.14. The molecule has 9 heteroatoms. The maximum absolute atomic E-state index is 12.4. The third-order valence-corrected chi connectivity index (χ3v) is 5.67. The van der Waals surface area contributed by atoms with Crippen LogP contribution in [0.15, 0.2) is 17.1 Å². The third kappa shape index (κ3) is 3.11. The minimum atomic E-state index is -0.955. The molecule has 1 aliphatic rings. The highest BCUT2D eigenvalue weighted by molar-refractivity contribution is 7.23. The van der Waals surface area contributed by atoms with E-state index in [2.05, 4.69) is 5.32 Å². The quantitative estimate of drug-likeness (QED) is 0.851. The molecule has 3 heterocycles. The summed E-state index contributed by atoms with van der Waals surface area (Å²) in [6.07, 6.45) is 1.58. The van der Waals surface area contributed by atoms with E-state index in [1.807, 2.05) is 0 Å². The maximum Gasteiger partial charge on any atom is 0.407 e. The van der Waals surface area contributed by atoms with E-state index in [0.717, 1.165) is 0 Å². The number of hydrogen-bond donors (Lipinski definition) is 2. The number of pyridine rings is 1. The molecule has 0 spiro atoms. The van der Waals surface area contributed by atoms with Crippen LogP contribution in [0.25, 0.3) is 10.1 Å². The number of hydrogen-bond acceptors (Lipinski definition) is 4. The van der Waals surface area contributed by atoms with E-state index >= 15 is 0 Å². The number of carbonyl (C=O) groups excluding carboxylic acids is 1. The Hall–Kier alpha value is -2.06. The monoisotopic (exact) mass is 369 g/mol. The molecule has 24 heavy (non-hydrogen) atoms. The molecular weight excluding hydrogens is 354 g/mol. The Balaban J connectivity index is 1.75. The number of carboxylic acid groups (broad SMARTS) is 1. The van der Waals surface area contributed by atoms with E-state index < -0.39 is 6.09 Å². The predicted octanol–water partition coefficient (Wildman–Crippen LogP) is 2.58. The van der Waals surface area contributed by atoms with Crippen LogP contribution >= 0.6 is 22.9 Å². The van der Waals surface area contributed by atoms with Gasteiger partial charge in [-0.25, -0.2) is 4.79 Å². The summed E-state index contributed by atoms with van der Waals surface area (Å²) in [7, 11) is 1.62. The Morgan fingerprint density at radius 3 is 2.67 bits per heavy atom. The van der Waals surface area contributed by atoms with Crippen molar-refractivity contribution in [3.05, 3.63) is 27.6 Å². The second-order valence-electron chi connectivity index (χ2n) is 5.78. The van der Waals surface area contributed by atoms with Crippen LogP contribution in [-0.2, 0) is 11.8 Å². The number of rotatable bonds is 2. The van der Waals surface area contributed by atoms with Crippen molar-refractivity contribution in [2.24, 2.45) is 13.0 Å². The molecule has 1 saturated heterocycles. The SMILES string of the molecule is Cn1cc(Cl)c2sc(NC(=O)C3CCN(C(=O)O)CC3)cc2c1=O. The zero-order chi connectivity index (χ0) is 17.4. The fraction of sp³-hybridized carbons (Fsp3) is 0.400. The molecule has 1 fully saturated rings. The van der Waals surface area contributed by atoms with Crippen LogP contribution in [0.3, 0.4) is 0 Å². The van der Waals surface area contributed by atoms with Crippen molar-refractivity contribution >= 4 is 50.0 Å². The van der Waals surface area contributed by atoms with Gasteiger partial charge in [0.2, 0.25) is 5.91 Å². The molecule has 128 valence electrons. The molecule has 0 unspecified atom stereocenters. The van der Waals surface area contributed by atoms with Crippen molar-refractivity contribution in [2.75, 3.05) is 18.4 Å². The first-order valence-electron chi connectivity index (χ1n) is 7.44. The number of halogens is 1. The lowest BCUT2D eigenvalue weighted by Crippen LogP contribution is -2.40. The third-order valence-electron chi connectivity index (χ3n) is 4.19. The van der Waals surface area contributed by atoms with Crippen LogP contribution in [0.4, 0.5) is 9.80 Å². The minimum absolute atomic E-state index is 0.153. The molecule has 2 N–H and O–H groups in total. The van der Waals surface area contributed by atoms with E-state index in [0.29, 0.717) is 46.0 Å². The van der Waals surface area contributed by atoms with Crippen molar-refractivity contribution < 1.29 is 14.7 Å². The first-order chi connectivity index (χ1) is 11.4. The van der Waals surface area contributed by atoms with Crippen molar-refractivity contribution in [3.63, 3.8) is 0 Å². The highest BCUT2D eigenvalue weighted by atomic mass is 35.5. The van der Waals surface area contributed by atoms with Gasteiger partial charge in [0.25, 0.3) is 5.56 Å². The molecule has 2 aromatic rings. The van der Waals surface area contributed by atoms with Gasteiger partial charge < -0.3 is 19.9 Å². The van der Waals surface area contributed by atoms with Gasteiger partial charge in [-0.3, -0.25) is 9.59 Å². The van der Waals surface area contributed by atoms with E-state index in [-0.39, 0.29) is 17.4 Å². The van der Waals surface area contributed by atoms with E-state index in [1.54, 1.807) is 19.3 Å². The molecule has 3 rings (SSSR count). The number of fused-ring (bicyclic) bond motifs is 1. The number of amides is 2. The molecule has 0 bridgehead atoms. The Bertz CT molecular complexity index is 867. The van der Waals surface area contributed by atoms with Crippen LogP contribution in [0, 0.1) is 5.92 Å². The molecule has 7 nitrogen and oxygen atoms in total. The smallest absolute Gasteiger partial charge is 0.407 e. The van der Waals surface area contributed by atoms with Gasteiger partial charge >= 0.3 is 6.09 Å². The molecule has 0 aliphatic carbocycles. The van der Waals surface area contributed by atoms with Crippen molar-refractivity contribution in [3.8, 4) is 0 Å². The minimum Gasteiger partial charge on any atom is -0.465 e. The van der Waals surface area contributed by atoms with Crippen LogP contribution < -0.4 is 10.9 Å². The number of nitrogens with one attached hydrogen (secondary N) is 1. The summed E-state index contributed by atoms with van der Waals surface area (Å²) >= 11 is 7.42. The lowest BCUT2D eigenvalue weighted by atomic mass is 9.96. The number of aromatic nitrogens is 1. The van der Waals surface area contributed by atoms with Crippen molar-refractivity contribution in [1.29, 1.82) is 0 Å². The average Bonchev–Trinajstić information content (AvgIpc) is 2.97. The normalized spacial score (nSPS) is 15.7. The van der Waals surface area contributed by atoms with Gasteiger partial charge in [0.1, 0.15) is 0 Å². The maximum atomic E-state index is 12.4. The van der Waals surface area contributed by atoms with E-state index in [9.17, 15) is 14.4 Å². The lowest BCUT2D eigenvalue weighted by molar-refractivity contribution is -0.121. The van der Waals surface area contributed by atoms with E-state index in [1.165, 1.54) is 20.8 Å². The molecular formula is C15H16ClN3O4S. The van der Waals surface area contributed by atoms with Crippen LogP contribution in [0.1, 0.15) is 12.8 Å². The number of likely N-dealkylation sites (tertiary alicyclic amines) is 1. The molecule has 0 saturated carbocycles. The van der Waals surface area contributed by atoms with Gasteiger partial charge in [-0.1, -0.05) is 11.6 Å². The topological polar surface area (TPSA) is 91.6 Å². The lowest BCUT2D eigenvalue weighted by Gasteiger charge is -2.28. The Morgan fingerprint density at radius 1 is 1.38 bits per heavy atom. The summed E-state index contributed by atoms with van der Waals surface area (Å²) in [5, 5.41) is 13.3.